The zero-order chi connectivity index (χ0) is 41.1. The maximum Gasteiger partial charge on any atom is 0.209 e. The molecular weight excluding hydrogens is 741 g/mol. The van der Waals surface area contributed by atoms with Gasteiger partial charge in [0.15, 0.2) is 0 Å². The van der Waals surface area contributed by atoms with Gasteiger partial charge in [0.2, 0.25) is 5.78 Å². The average Bonchev–Trinajstić information content (AvgIpc) is 4.10. The summed E-state index contributed by atoms with van der Waals surface area (Å²) >= 11 is 1.83. The summed E-state index contributed by atoms with van der Waals surface area (Å²) in [5.41, 5.74) is 15.1. The Morgan fingerprint density at radius 3 is 1.53 bits per heavy atom. The molecule has 59 heavy (non-hydrogen) atoms. The summed E-state index contributed by atoms with van der Waals surface area (Å²) < 4.78 is 0. The highest BCUT2D eigenvalue weighted by Crippen LogP contribution is 2.39. The van der Waals surface area contributed by atoms with E-state index >= 15 is 0 Å². The van der Waals surface area contributed by atoms with Gasteiger partial charge in [-0.1, -0.05) is 143 Å². The minimum atomic E-state index is -0.162. The molecule has 0 amide bonds. The molecule has 3 atom stereocenters. The molecule has 0 saturated heterocycles. The fraction of sp³-hybridized carbons (Fsp3) is 0.226. The van der Waals surface area contributed by atoms with Gasteiger partial charge < -0.3 is 19.9 Å². The fourth-order valence-electron chi connectivity index (χ4n) is 8.25. The van der Waals surface area contributed by atoms with Gasteiger partial charge in [-0.05, 0) is 101 Å². The Morgan fingerprint density at radius 1 is 0.525 bits per heavy atom. The molecule has 0 aliphatic carbocycles. The van der Waals surface area contributed by atoms with Gasteiger partial charge >= 0.3 is 0 Å². The van der Waals surface area contributed by atoms with Crippen molar-refractivity contribution in [3.05, 3.63) is 230 Å². The molecular formula is C53H54N4OS. The Labute approximate surface area is 353 Å². The monoisotopic (exact) mass is 794 g/mol. The van der Waals surface area contributed by atoms with Gasteiger partial charge in [-0.25, -0.2) is 0 Å². The summed E-state index contributed by atoms with van der Waals surface area (Å²) in [6.45, 7) is 13.2. The number of carbonyl (C=O) groups excluding carboxylic acids is 1. The van der Waals surface area contributed by atoms with Crippen LogP contribution in [0, 0.1) is 6.92 Å². The number of H-pyrrole nitrogens is 4. The van der Waals surface area contributed by atoms with Gasteiger partial charge in [0.1, 0.15) is 0 Å². The van der Waals surface area contributed by atoms with E-state index < -0.39 is 0 Å². The quantitative estimate of drug-likeness (QED) is 0.0653. The Kier molecular flexibility index (Phi) is 11.5. The third-order valence-electron chi connectivity index (χ3n) is 11.5. The molecule has 298 valence electrons. The van der Waals surface area contributed by atoms with Gasteiger partial charge in [-0.15, -0.1) is 11.8 Å². The first kappa shape index (κ1) is 39.8. The largest absolute Gasteiger partial charge is 0.361 e. The molecule has 4 heterocycles. The third kappa shape index (κ3) is 8.60. The molecule has 0 aliphatic rings. The van der Waals surface area contributed by atoms with Crippen LogP contribution in [0.1, 0.15) is 136 Å². The maximum atomic E-state index is 13.8. The molecule has 4 aromatic carbocycles. The molecule has 3 unspecified atom stereocenters. The fourth-order valence-corrected chi connectivity index (χ4v) is 8.92. The van der Waals surface area contributed by atoms with Crippen molar-refractivity contribution in [2.75, 3.05) is 5.75 Å². The van der Waals surface area contributed by atoms with E-state index in [1.807, 2.05) is 42.1 Å². The topological polar surface area (TPSA) is 80.2 Å². The van der Waals surface area contributed by atoms with Crippen molar-refractivity contribution in [1.82, 2.24) is 19.9 Å². The zero-order valence-electron chi connectivity index (χ0n) is 34.9. The Balaban J connectivity index is 1.20. The lowest BCUT2D eigenvalue weighted by molar-refractivity contribution is 0.103. The van der Waals surface area contributed by atoms with Gasteiger partial charge in [-0.2, -0.15) is 0 Å². The molecule has 8 rings (SSSR count). The molecule has 0 fully saturated rings. The lowest BCUT2D eigenvalue weighted by Crippen LogP contribution is -2.12. The summed E-state index contributed by atoms with van der Waals surface area (Å²) in [7, 11) is 0. The number of aromatic amines is 4. The van der Waals surface area contributed by atoms with E-state index in [0.29, 0.717) is 11.3 Å². The summed E-state index contributed by atoms with van der Waals surface area (Å²) in [5.74, 6) is 0.774. The van der Waals surface area contributed by atoms with E-state index in [9.17, 15) is 4.79 Å². The third-order valence-corrected chi connectivity index (χ3v) is 12.4. The van der Waals surface area contributed by atoms with E-state index in [-0.39, 0.29) is 29.0 Å². The number of rotatable bonds is 14. The number of ketones is 1. The highest BCUT2D eigenvalue weighted by Gasteiger charge is 2.28. The summed E-state index contributed by atoms with van der Waals surface area (Å²) in [5, 5.41) is 1.18. The van der Waals surface area contributed by atoms with Crippen molar-refractivity contribution < 1.29 is 4.79 Å². The molecule has 6 heteroatoms. The minimum Gasteiger partial charge on any atom is -0.361 e. The smallest absolute Gasteiger partial charge is 0.209 e. The molecule has 0 radical (unpaired) electrons. The van der Waals surface area contributed by atoms with Crippen LogP contribution in [0.25, 0.3) is 0 Å². The van der Waals surface area contributed by atoms with Crippen LogP contribution in [0.4, 0.5) is 0 Å². The Morgan fingerprint density at radius 2 is 1.00 bits per heavy atom. The molecule has 0 bridgehead atoms. The van der Waals surface area contributed by atoms with Crippen LogP contribution in [0.15, 0.2) is 157 Å². The molecule has 8 aromatic rings. The number of carbonyl (C=O) groups is 1. The van der Waals surface area contributed by atoms with Gasteiger partial charge in [0, 0.05) is 39.7 Å². The Bertz CT molecular complexity index is 2610. The van der Waals surface area contributed by atoms with Crippen LogP contribution in [0.5, 0.6) is 0 Å². The highest BCUT2D eigenvalue weighted by atomic mass is 32.2. The molecule has 4 aromatic heterocycles. The van der Waals surface area contributed by atoms with E-state index in [4.69, 9.17) is 0 Å². The van der Waals surface area contributed by atoms with E-state index in [1.54, 1.807) is 0 Å². The number of benzene rings is 4. The predicted octanol–water partition coefficient (Wildman–Crippen LogP) is 13.1. The lowest BCUT2D eigenvalue weighted by atomic mass is 9.84. The standard InChI is InChI=1S/C53H54N4OS/c1-7-35-16-20-39(21-17-35)52(58)47-31-30-45(56-47)51(38-22-24-40(25-23-38)53(4,5)6)44-29-28-43(55-44)50(37-18-14-34(3)15-19-37)42-27-26-41(54-42)49(36-12-10-9-11-13-36)46-32-33-48(57-46)59-8-2/h9-33,49-51,54-57H,7-8H2,1-6H3. The van der Waals surface area contributed by atoms with Crippen molar-refractivity contribution in [1.29, 1.82) is 0 Å². The van der Waals surface area contributed by atoms with E-state index in [1.165, 1.54) is 32.8 Å². The van der Waals surface area contributed by atoms with Gasteiger partial charge in [-0.3, -0.25) is 4.79 Å². The van der Waals surface area contributed by atoms with Crippen LogP contribution in [0.2, 0.25) is 0 Å². The first-order chi connectivity index (χ1) is 28.6. The van der Waals surface area contributed by atoms with Crippen LogP contribution in [-0.2, 0) is 11.8 Å². The number of aromatic nitrogens is 4. The summed E-state index contributed by atoms with van der Waals surface area (Å²) in [6.07, 6.45) is 0.936. The van der Waals surface area contributed by atoms with Gasteiger partial charge in [0.05, 0.1) is 28.5 Å². The van der Waals surface area contributed by atoms with Crippen LogP contribution >= 0.6 is 11.8 Å². The summed E-state index contributed by atoms with van der Waals surface area (Å²) in [4.78, 5) is 28.9. The normalized spacial score (nSPS) is 13.3. The maximum absolute atomic E-state index is 13.8. The van der Waals surface area contributed by atoms with Crippen LogP contribution in [-0.4, -0.2) is 31.5 Å². The molecule has 5 nitrogen and oxygen atoms in total. The van der Waals surface area contributed by atoms with Crippen molar-refractivity contribution in [2.24, 2.45) is 0 Å². The number of aryl methyl sites for hydroxylation is 2. The van der Waals surface area contributed by atoms with Gasteiger partial charge in [0.25, 0.3) is 0 Å². The zero-order valence-corrected chi connectivity index (χ0v) is 35.7. The molecule has 0 saturated carbocycles. The molecule has 4 N–H and O–H groups in total. The second-order valence-electron chi connectivity index (χ2n) is 16.6. The second-order valence-corrected chi connectivity index (χ2v) is 18.0. The van der Waals surface area contributed by atoms with E-state index in [2.05, 4.69) is 183 Å². The van der Waals surface area contributed by atoms with Crippen molar-refractivity contribution in [3.8, 4) is 0 Å². The molecule has 0 spiro atoms. The SMILES string of the molecule is CCSc1ccc(C(c2ccccc2)c2ccc(C(c3ccc(C)cc3)c3ccc(C(c4ccc(C(C)(C)C)cc4)c4ccc(C(=O)c5ccc(CC)cc5)[nH]4)[nH]3)[nH]2)[nH]1. The molecule has 0 aliphatic heterocycles. The number of nitrogens with one attached hydrogen (secondary N) is 4. The number of hydrogen-bond acceptors (Lipinski definition) is 2. The first-order valence-corrected chi connectivity index (χ1v) is 21.8. The minimum absolute atomic E-state index is 0.0108. The first-order valence-electron chi connectivity index (χ1n) is 20.8. The van der Waals surface area contributed by atoms with Crippen molar-refractivity contribution in [2.45, 2.75) is 76.2 Å². The van der Waals surface area contributed by atoms with E-state index in [0.717, 1.165) is 51.9 Å². The van der Waals surface area contributed by atoms with Crippen molar-refractivity contribution >= 4 is 17.5 Å². The number of hydrogen-bond donors (Lipinski definition) is 4. The van der Waals surface area contributed by atoms with Crippen LogP contribution in [0.3, 0.4) is 0 Å². The second kappa shape index (κ2) is 17.1. The predicted molar refractivity (Wildman–Crippen MR) is 244 cm³/mol. The lowest BCUT2D eigenvalue weighted by Gasteiger charge is -2.22. The average molecular weight is 795 g/mol. The van der Waals surface area contributed by atoms with Crippen LogP contribution < -0.4 is 0 Å². The van der Waals surface area contributed by atoms with Crippen molar-refractivity contribution in [3.63, 3.8) is 0 Å². The summed E-state index contributed by atoms with van der Waals surface area (Å²) in [6, 6.07) is 53.9. The Hall–Kier alpha value is -5.98. The number of thioether (sulfide) groups is 1. The highest BCUT2D eigenvalue weighted by molar-refractivity contribution is 7.99.